The molecule has 2 aliphatic rings. The van der Waals surface area contributed by atoms with Crippen molar-refractivity contribution in [2.75, 3.05) is 34.9 Å². The third kappa shape index (κ3) is 6.18. The fraction of sp³-hybridized carbons (Fsp3) is 0.407. The lowest BCUT2D eigenvalue weighted by molar-refractivity contribution is -0.114. The number of rotatable bonds is 7. The van der Waals surface area contributed by atoms with Crippen molar-refractivity contribution in [1.82, 2.24) is 15.0 Å². The molecule has 3 N–H and O–H groups in total. The Kier molecular flexibility index (Phi) is 7.04. The second kappa shape index (κ2) is 10.2. The zero-order valence-electron chi connectivity index (χ0n) is 22.3. The fourth-order valence-electron chi connectivity index (χ4n) is 4.71. The lowest BCUT2D eigenvalue weighted by Crippen LogP contribution is -2.45. The van der Waals surface area contributed by atoms with Gasteiger partial charge in [-0.05, 0) is 56.5 Å². The van der Waals surface area contributed by atoms with E-state index in [1.165, 1.54) is 13.0 Å². The number of pyridine rings is 3. The number of carbonyl (C=O) groups is 1. The molecule has 1 saturated carbocycles. The van der Waals surface area contributed by atoms with E-state index in [4.69, 9.17) is 4.74 Å². The molecule has 5 rings (SSSR count). The summed E-state index contributed by atoms with van der Waals surface area (Å²) in [5, 5.41) is 16.4. The predicted molar refractivity (Wildman–Crippen MR) is 148 cm³/mol. The van der Waals surface area contributed by atoms with Crippen molar-refractivity contribution in [1.29, 1.82) is 0 Å². The number of aromatic nitrogens is 3. The maximum Gasteiger partial charge on any atom is 0.222 e. The molecule has 2 atom stereocenters. The Balaban J connectivity index is 1.52. The summed E-state index contributed by atoms with van der Waals surface area (Å²) in [6.45, 7) is 7.01. The molecule has 1 amide bonds. The maximum atomic E-state index is 12.4. The highest BCUT2D eigenvalue weighted by atomic mass is 32.2. The highest BCUT2D eigenvalue weighted by Gasteiger charge is 2.43. The Labute approximate surface area is 227 Å². The van der Waals surface area contributed by atoms with Gasteiger partial charge in [-0.1, -0.05) is 0 Å². The van der Waals surface area contributed by atoms with Gasteiger partial charge in [-0.3, -0.25) is 9.78 Å². The molecule has 12 heteroatoms. The third-order valence-corrected chi connectivity index (χ3v) is 7.69. The van der Waals surface area contributed by atoms with E-state index in [9.17, 15) is 18.3 Å². The second-order valence-corrected chi connectivity index (χ2v) is 12.3. The molecule has 1 aliphatic carbocycles. The number of anilines is 4. The number of hydrogen-bond acceptors (Lipinski definition) is 10. The topological polar surface area (TPSA) is 147 Å². The van der Waals surface area contributed by atoms with E-state index in [-0.39, 0.29) is 29.0 Å². The Morgan fingerprint density at radius 3 is 2.38 bits per heavy atom. The molecule has 0 spiro atoms. The minimum atomic E-state index is -3.64. The van der Waals surface area contributed by atoms with Crippen LogP contribution in [-0.2, 0) is 25.0 Å². The third-order valence-electron chi connectivity index (χ3n) is 6.72. The standard InChI is InChI=1S/C27H32N6O5S/c1-16-14-33(15-17(2)38-16)20-5-6-22(28-12-20)21-13-29-24(30-18(3)34)11-23(21)31-25-9-19(27(35)7-8-27)10-26(32-25)39(4,36)37/h5-6,9-13,16-17,35H,7-8,14-15H2,1-4H3,(H2,29,30,31,32,34). The first-order valence-corrected chi connectivity index (χ1v) is 14.7. The minimum Gasteiger partial charge on any atom is -0.385 e. The monoisotopic (exact) mass is 552 g/mol. The van der Waals surface area contributed by atoms with Crippen molar-refractivity contribution < 1.29 is 23.1 Å². The van der Waals surface area contributed by atoms with Crippen LogP contribution in [0.1, 0.15) is 39.2 Å². The molecule has 11 nitrogen and oxygen atoms in total. The van der Waals surface area contributed by atoms with Gasteiger partial charge in [0.1, 0.15) is 11.6 Å². The SMILES string of the molecule is CC(=O)Nc1cc(Nc2cc(C3(O)CC3)cc(S(C)(=O)=O)n2)c(-c2ccc(N3CC(C)OC(C)C3)cn2)cn1. The highest BCUT2D eigenvalue weighted by Crippen LogP contribution is 2.46. The molecule has 39 heavy (non-hydrogen) atoms. The first kappa shape index (κ1) is 27.0. The first-order valence-electron chi connectivity index (χ1n) is 12.8. The number of amides is 1. The molecule has 0 radical (unpaired) electrons. The van der Waals surface area contributed by atoms with Crippen molar-refractivity contribution in [3.05, 3.63) is 48.3 Å². The smallest absolute Gasteiger partial charge is 0.222 e. The number of nitrogens with zero attached hydrogens (tertiary/aromatic N) is 4. The molecule has 2 fully saturated rings. The average molecular weight is 553 g/mol. The summed E-state index contributed by atoms with van der Waals surface area (Å²) in [5.74, 6) is 0.262. The summed E-state index contributed by atoms with van der Waals surface area (Å²) in [4.78, 5) is 27.3. The van der Waals surface area contributed by atoms with Crippen LogP contribution >= 0.6 is 0 Å². The van der Waals surface area contributed by atoms with Gasteiger partial charge in [0.25, 0.3) is 0 Å². The zero-order chi connectivity index (χ0) is 27.9. The van der Waals surface area contributed by atoms with Crippen LogP contribution < -0.4 is 15.5 Å². The van der Waals surface area contributed by atoms with E-state index in [0.29, 0.717) is 41.2 Å². The van der Waals surface area contributed by atoms with Crippen molar-refractivity contribution >= 4 is 38.8 Å². The van der Waals surface area contributed by atoms with E-state index in [1.807, 2.05) is 26.0 Å². The summed E-state index contributed by atoms with van der Waals surface area (Å²) in [7, 11) is -3.64. The molecule has 4 heterocycles. The Hall–Kier alpha value is -3.61. The van der Waals surface area contributed by atoms with Crippen molar-refractivity contribution in [3.8, 4) is 11.3 Å². The van der Waals surface area contributed by atoms with Crippen molar-refractivity contribution in [2.24, 2.45) is 0 Å². The molecule has 1 saturated heterocycles. The average Bonchev–Trinajstić information content (AvgIpc) is 3.61. The van der Waals surface area contributed by atoms with E-state index < -0.39 is 15.4 Å². The van der Waals surface area contributed by atoms with Crippen LogP contribution in [0.3, 0.4) is 0 Å². The number of nitrogens with one attached hydrogen (secondary N) is 2. The first-order chi connectivity index (χ1) is 18.4. The van der Waals surface area contributed by atoms with Crippen LogP contribution in [0.25, 0.3) is 11.3 Å². The number of morpholine rings is 1. The number of hydrogen-bond donors (Lipinski definition) is 3. The van der Waals surface area contributed by atoms with E-state index in [1.54, 1.807) is 24.5 Å². The molecular formula is C27H32N6O5S. The molecule has 0 aromatic carbocycles. The van der Waals surface area contributed by atoms with Crippen LogP contribution in [0.4, 0.5) is 23.0 Å². The summed E-state index contributed by atoms with van der Waals surface area (Å²) < 4.78 is 30.5. The van der Waals surface area contributed by atoms with Gasteiger partial charge >= 0.3 is 0 Å². The van der Waals surface area contributed by atoms with Crippen LogP contribution in [0.15, 0.2) is 47.8 Å². The number of sulfone groups is 1. The molecule has 1 aliphatic heterocycles. The van der Waals surface area contributed by atoms with Gasteiger partial charge in [0, 0.05) is 44.1 Å². The largest absolute Gasteiger partial charge is 0.385 e. The van der Waals surface area contributed by atoms with Crippen LogP contribution in [0.2, 0.25) is 0 Å². The van der Waals surface area contributed by atoms with E-state index in [2.05, 4.69) is 30.5 Å². The van der Waals surface area contributed by atoms with Gasteiger partial charge < -0.3 is 25.4 Å². The van der Waals surface area contributed by atoms with Crippen LogP contribution in [0, 0.1) is 0 Å². The minimum absolute atomic E-state index is 0.114. The van der Waals surface area contributed by atoms with E-state index in [0.717, 1.165) is 25.0 Å². The maximum absolute atomic E-state index is 12.4. The summed E-state index contributed by atoms with van der Waals surface area (Å²) >= 11 is 0. The van der Waals surface area contributed by atoms with Gasteiger partial charge in [0.2, 0.25) is 5.91 Å². The van der Waals surface area contributed by atoms with Crippen molar-refractivity contribution in [3.63, 3.8) is 0 Å². The quantitative estimate of drug-likeness (QED) is 0.399. The Morgan fingerprint density at radius 1 is 1.08 bits per heavy atom. The molecule has 2 unspecified atom stereocenters. The summed E-state index contributed by atoms with van der Waals surface area (Å²) in [6, 6.07) is 8.57. The lowest BCUT2D eigenvalue weighted by Gasteiger charge is -2.36. The zero-order valence-corrected chi connectivity index (χ0v) is 23.1. The number of ether oxygens (including phenoxy) is 1. The van der Waals surface area contributed by atoms with Gasteiger partial charge in [0.05, 0.1) is 41.1 Å². The highest BCUT2D eigenvalue weighted by molar-refractivity contribution is 7.90. The molecular weight excluding hydrogens is 520 g/mol. The van der Waals surface area contributed by atoms with Gasteiger partial charge in [-0.15, -0.1) is 0 Å². The molecule has 3 aromatic heterocycles. The lowest BCUT2D eigenvalue weighted by atomic mass is 10.1. The van der Waals surface area contributed by atoms with Crippen molar-refractivity contribution in [2.45, 2.75) is 56.4 Å². The summed E-state index contributed by atoms with van der Waals surface area (Å²) in [5.41, 5.74) is 2.15. The fourth-order valence-corrected chi connectivity index (χ4v) is 5.31. The normalized spacial score (nSPS) is 20.4. The summed E-state index contributed by atoms with van der Waals surface area (Å²) in [6.07, 6.45) is 5.79. The second-order valence-electron chi connectivity index (χ2n) is 10.4. The Bertz CT molecular complexity index is 1500. The van der Waals surface area contributed by atoms with Gasteiger partial charge in [0.15, 0.2) is 14.9 Å². The predicted octanol–water partition coefficient (Wildman–Crippen LogP) is 3.24. The number of carbonyl (C=O) groups excluding carboxylic acids is 1. The van der Waals surface area contributed by atoms with Gasteiger partial charge in [-0.25, -0.2) is 18.4 Å². The molecule has 3 aromatic rings. The molecule has 206 valence electrons. The molecule has 0 bridgehead atoms. The van der Waals surface area contributed by atoms with Crippen LogP contribution in [0.5, 0.6) is 0 Å². The van der Waals surface area contributed by atoms with Crippen LogP contribution in [-0.4, -0.2) is 65.9 Å². The van der Waals surface area contributed by atoms with Gasteiger partial charge in [-0.2, -0.15) is 0 Å². The van der Waals surface area contributed by atoms with E-state index >= 15 is 0 Å². The number of aliphatic hydroxyl groups is 1. The Morgan fingerprint density at radius 2 is 1.79 bits per heavy atom.